The van der Waals surface area contributed by atoms with Gasteiger partial charge in [-0.25, -0.2) is 18.6 Å². The highest BCUT2D eigenvalue weighted by atomic mass is 19.3. The van der Waals surface area contributed by atoms with Gasteiger partial charge in [0.1, 0.15) is 5.82 Å². The molecule has 12 heteroatoms. The number of halogens is 2. The summed E-state index contributed by atoms with van der Waals surface area (Å²) in [7, 11) is 2.12. The Labute approximate surface area is 203 Å². The van der Waals surface area contributed by atoms with Gasteiger partial charge in [0.05, 0.1) is 29.6 Å². The molecule has 10 nitrogen and oxygen atoms in total. The summed E-state index contributed by atoms with van der Waals surface area (Å²) in [5.74, 6) is 0.335. The third-order valence-corrected chi connectivity index (χ3v) is 6.55. The van der Waals surface area contributed by atoms with Crippen LogP contribution < -0.4 is 16.0 Å². The van der Waals surface area contributed by atoms with E-state index in [4.69, 9.17) is 4.74 Å². The van der Waals surface area contributed by atoms with Crippen molar-refractivity contribution in [2.75, 3.05) is 43.9 Å². The molecule has 0 spiro atoms. The van der Waals surface area contributed by atoms with E-state index in [2.05, 4.69) is 43.0 Å². The van der Waals surface area contributed by atoms with Gasteiger partial charge in [-0.2, -0.15) is 10.1 Å². The molecule has 0 radical (unpaired) electrons. The first-order chi connectivity index (χ1) is 16.9. The Morgan fingerprint density at radius 2 is 2.09 bits per heavy atom. The first-order valence-electron chi connectivity index (χ1n) is 12.2. The minimum absolute atomic E-state index is 0.0214. The van der Waals surface area contributed by atoms with E-state index >= 15 is 0 Å². The molecule has 0 saturated carbocycles. The highest BCUT2D eigenvalue weighted by molar-refractivity contribution is 5.67. The molecule has 0 aliphatic carbocycles. The van der Waals surface area contributed by atoms with Crippen LogP contribution in [0, 0.1) is 6.92 Å². The van der Waals surface area contributed by atoms with E-state index < -0.39 is 12.5 Å². The predicted molar refractivity (Wildman–Crippen MR) is 128 cm³/mol. The van der Waals surface area contributed by atoms with Crippen molar-refractivity contribution in [3.63, 3.8) is 0 Å². The summed E-state index contributed by atoms with van der Waals surface area (Å²) in [6.07, 6.45) is 5.10. The fourth-order valence-corrected chi connectivity index (χ4v) is 4.47. The van der Waals surface area contributed by atoms with Crippen LogP contribution >= 0.6 is 0 Å². The SMILES string of the molecule is Cc1nn(C2CCN(C)CC2)cc1Nc1ncc(C(F)F)c(NCCCC2CCCOC(=O)N2)n1. The van der Waals surface area contributed by atoms with E-state index in [1.165, 1.54) is 0 Å². The number of carbonyl (C=O) groups excluding carboxylic acids is 1. The van der Waals surface area contributed by atoms with Gasteiger partial charge in [-0.15, -0.1) is 0 Å². The number of rotatable bonds is 9. The maximum atomic E-state index is 13.6. The number of carbonyl (C=O) groups is 1. The summed E-state index contributed by atoms with van der Waals surface area (Å²) in [5.41, 5.74) is 1.31. The number of hydrogen-bond acceptors (Lipinski definition) is 8. The van der Waals surface area contributed by atoms with Gasteiger partial charge in [0.25, 0.3) is 6.43 Å². The van der Waals surface area contributed by atoms with Crippen LogP contribution in [0.25, 0.3) is 0 Å². The van der Waals surface area contributed by atoms with E-state index in [1.807, 2.05) is 17.8 Å². The molecule has 2 saturated heterocycles. The number of piperidine rings is 1. The maximum absolute atomic E-state index is 13.6. The fraction of sp³-hybridized carbons (Fsp3) is 0.652. The number of anilines is 3. The van der Waals surface area contributed by atoms with Crippen molar-refractivity contribution in [1.29, 1.82) is 0 Å². The van der Waals surface area contributed by atoms with Gasteiger partial charge in [0.2, 0.25) is 5.95 Å². The monoisotopic (exact) mass is 492 g/mol. The van der Waals surface area contributed by atoms with Gasteiger partial charge in [0, 0.05) is 25.0 Å². The molecule has 1 amide bonds. The van der Waals surface area contributed by atoms with E-state index in [9.17, 15) is 13.6 Å². The number of likely N-dealkylation sites (tertiary alicyclic amines) is 1. The lowest BCUT2D eigenvalue weighted by Gasteiger charge is -2.28. The first kappa shape index (κ1) is 25.1. The Bertz CT molecular complexity index is 994. The Hall–Kier alpha value is -3.02. The topological polar surface area (TPSA) is 109 Å². The van der Waals surface area contributed by atoms with Crippen molar-refractivity contribution in [1.82, 2.24) is 30.0 Å². The summed E-state index contributed by atoms with van der Waals surface area (Å²) in [5, 5.41) is 13.6. The highest BCUT2D eigenvalue weighted by Crippen LogP contribution is 2.28. The van der Waals surface area contributed by atoms with Gasteiger partial charge in [-0.3, -0.25) is 4.68 Å². The largest absolute Gasteiger partial charge is 0.450 e. The molecule has 0 bridgehead atoms. The second-order valence-electron chi connectivity index (χ2n) is 9.25. The van der Waals surface area contributed by atoms with E-state index in [1.54, 1.807) is 0 Å². The summed E-state index contributed by atoms with van der Waals surface area (Å²) in [6, 6.07) is 0.359. The Morgan fingerprint density at radius 3 is 2.86 bits per heavy atom. The minimum Gasteiger partial charge on any atom is -0.450 e. The second kappa shape index (κ2) is 11.6. The molecule has 2 aromatic heterocycles. The van der Waals surface area contributed by atoms with Crippen LogP contribution in [-0.4, -0.2) is 70.1 Å². The lowest BCUT2D eigenvalue weighted by molar-refractivity contribution is 0.150. The smallest absolute Gasteiger partial charge is 0.407 e. The number of hydrogen-bond donors (Lipinski definition) is 3. The van der Waals surface area contributed by atoms with Crippen molar-refractivity contribution in [2.45, 2.75) is 64.0 Å². The maximum Gasteiger partial charge on any atom is 0.407 e. The molecule has 2 fully saturated rings. The molecule has 2 aliphatic rings. The van der Waals surface area contributed by atoms with Crippen molar-refractivity contribution < 1.29 is 18.3 Å². The number of nitrogens with zero attached hydrogens (tertiary/aromatic N) is 5. The number of alkyl halides is 2. The zero-order chi connectivity index (χ0) is 24.8. The predicted octanol–water partition coefficient (Wildman–Crippen LogP) is 4.01. The third-order valence-electron chi connectivity index (χ3n) is 6.55. The van der Waals surface area contributed by atoms with Crippen molar-refractivity contribution >= 4 is 23.5 Å². The molecule has 4 heterocycles. The Morgan fingerprint density at radius 1 is 1.29 bits per heavy atom. The molecule has 1 unspecified atom stereocenters. The summed E-state index contributed by atoms with van der Waals surface area (Å²) in [4.78, 5) is 22.3. The van der Waals surface area contributed by atoms with Crippen molar-refractivity contribution in [3.05, 3.63) is 23.7 Å². The Kier molecular flexibility index (Phi) is 8.32. The molecular weight excluding hydrogens is 458 g/mol. The van der Waals surface area contributed by atoms with Gasteiger partial charge in [0.15, 0.2) is 0 Å². The van der Waals surface area contributed by atoms with Gasteiger partial charge >= 0.3 is 6.09 Å². The summed E-state index contributed by atoms with van der Waals surface area (Å²) < 4.78 is 34.1. The number of ether oxygens (including phenoxy) is 1. The summed E-state index contributed by atoms with van der Waals surface area (Å²) in [6.45, 7) is 4.82. The average Bonchev–Trinajstić information content (AvgIpc) is 3.05. The summed E-state index contributed by atoms with van der Waals surface area (Å²) >= 11 is 0. The lowest BCUT2D eigenvalue weighted by atomic mass is 10.1. The van der Waals surface area contributed by atoms with Crippen LogP contribution in [0.1, 0.15) is 62.2 Å². The third kappa shape index (κ3) is 6.77. The molecular formula is C23H34F2N8O2. The van der Waals surface area contributed by atoms with Crippen LogP contribution in [0.2, 0.25) is 0 Å². The number of amides is 1. The van der Waals surface area contributed by atoms with Crippen LogP contribution in [0.4, 0.5) is 31.0 Å². The Balaban J connectivity index is 1.37. The first-order valence-corrected chi connectivity index (χ1v) is 12.2. The number of aryl methyl sites for hydroxylation is 1. The van der Waals surface area contributed by atoms with Crippen LogP contribution in [-0.2, 0) is 4.74 Å². The average molecular weight is 493 g/mol. The standard InChI is InChI=1S/C23H34F2N8O2/c1-15-19(14-33(31-15)17-7-10-32(2)11-8-17)29-22-27-13-18(20(24)25)21(30-22)26-9-3-5-16-6-4-12-35-23(34)28-16/h13-14,16-17,20H,3-12H2,1-2H3,(H,28,34)(H2,26,27,29,30). The highest BCUT2D eigenvalue weighted by Gasteiger charge is 2.21. The minimum atomic E-state index is -2.70. The van der Waals surface area contributed by atoms with Gasteiger partial charge in [-0.1, -0.05) is 0 Å². The zero-order valence-electron chi connectivity index (χ0n) is 20.3. The molecule has 0 aromatic carbocycles. The van der Waals surface area contributed by atoms with Crippen molar-refractivity contribution in [3.8, 4) is 0 Å². The quantitative estimate of drug-likeness (QED) is 0.451. The fourth-order valence-electron chi connectivity index (χ4n) is 4.47. The molecule has 2 aromatic rings. The van der Waals surface area contributed by atoms with E-state index in [-0.39, 0.29) is 23.4 Å². The second-order valence-corrected chi connectivity index (χ2v) is 9.25. The molecule has 192 valence electrons. The van der Waals surface area contributed by atoms with Crippen LogP contribution in [0.5, 0.6) is 0 Å². The molecule has 2 aliphatic heterocycles. The molecule has 35 heavy (non-hydrogen) atoms. The van der Waals surface area contributed by atoms with Crippen LogP contribution in [0.3, 0.4) is 0 Å². The zero-order valence-corrected chi connectivity index (χ0v) is 20.3. The van der Waals surface area contributed by atoms with Crippen molar-refractivity contribution in [2.24, 2.45) is 0 Å². The number of nitrogens with one attached hydrogen (secondary N) is 3. The van der Waals surface area contributed by atoms with E-state index in [0.29, 0.717) is 25.6 Å². The molecule has 1 atom stereocenters. The number of cyclic esters (lactones) is 1. The normalized spacial score (nSPS) is 19.8. The molecule has 4 rings (SSSR count). The van der Waals surface area contributed by atoms with Gasteiger partial charge in [-0.05, 0) is 65.6 Å². The van der Waals surface area contributed by atoms with Crippen LogP contribution in [0.15, 0.2) is 12.4 Å². The molecule has 3 N–H and O–H groups in total. The van der Waals surface area contributed by atoms with Gasteiger partial charge < -0.3 is 25.6 Å². The van der Waals surface area contributed by atoms with E-state index in [0.717, 1.165) is 62.8 Å². The number of alkyl carbamates (subject to hydrolysis) is 1. The lowest BCUT2D eigenvalue weighted by Crippen LogP contribution is -2.33. The number of aromatic nitrogens is 4.